The Balaban J connectivity index is 1.76. The number of carbonyl (C=O) groups is 2. The fourth-order valence-corrected chi connectivity index (χ4v) is 3.30. The summed E-state index contributed by atoms with van der Waals surface area (Å²) in [6, 6.07) is 11.2. The molecule has 4 rings (SSSR count). The van der Waals surface area contributed by atoms with Crippen molar-refractivity contribution in [2.24, 2.45) is 10.7 Å². The number of aliphatic imine (C=N–C) groups is 1. The van der Waals surface area contributed by atoms with Crippen molar-refractivity contribution in [1.82, 2.24) is 15.3 Å². The van der Waals surface area contributed by atoms with Crippen LogP contribution in [0.3, 0.4) is 0 Å². The molecule has 2 aromatic carbocycles. The third-order valence-electron chi connectivity index (χ3n) is 4.70. The lowest BCUT2D eigenvalue weighted by atomic mass is 9.91. The number of methoxy groups -OCH3 is 1. The van der Waals surface area contributed by atoms with Crippen LogP contribution in [0.2, 0.25) is 0 Å². The van der Waals surface area contributed by atoms with E-state index in [2.05, 4.69) is 25.6 Å². The van der Waals surface area contributed by atoms with Gasteiger partial charge in [0.25, 0.3) is 11.8 Å². The van der Waals surface area contributed by atoms with E-state index in [-0.39, 0.29) is 29.6 Å². The number of rotatable bonds is 5. The average Bonchev–Trinajstić information content (AvgIpc) is 3.34. The molecule has 1 atom stereocenters. The number of H-pyrrole nitrogens is 1. The summed E-state index contributed by atoms with van der Waals surface area (Å²) >= 11 is 0. The number of halogens is 1. The number of benzene rings is 2. The first-order chi connectivity index (χ1) is 14.0. The van der Waals surface area contributed by atoms with E-state index in [1.807, 2.05) is 0 Å². The van der Waals surface area contributed by atoms with Crippen LogP contribution in [0.1, 0.15) is 5.82 Å². The zero-order valence-corrected chi connectivity index (χ0v) is 15.3. The molecule has 1 unspecified atom stereocenters. The molecular formula is C19H17FN6O3. The lowest BCUT2D eigenvalue weighted by molar-refractivity contribution is -0.123. The summed E-state index contributed by atoms with van der Waals surface area (Å²) in [5.74, 6) is -2.13. The number of anilines is 1. The zero-order chi connectivity index (χ0) is 20.6. The molecule has 0 aliphatic carbocycles. The van der Waals surface area contributed by atoms with Crippen molar-refractivity contribution in [1.29, 1.82) is 0 Å². The Morgan fingerprint density at radius 2 is 2.03 bits per heavy atom. The quantitative estimate of drug-likeness (QED) is 0.511. The molecular weight excluding hydrogens is 379 g/mol. The van der Waals surface area contributed by atoms with Gasteiger partial charge in [-0.2, -0.15) is 0 Å². The molecule has 10 heteroatoms. The molecule has 9 nitrogen and oxygen atoms in total. The summed E-state index contributed by atoms with van der Waals surface area (Å²) < 4.78 is 19.3. The van der Waals surface area contributed by atoms with Crippen molar-refractivity contribution >= 4 is 34.2 Å². The maximum absolute atomic E-state index is 14.2. The van der Waals surface area contributed by atoms with Gasteiger partial charge in [-0.05, 0) is 24.3 Å². The second-order valence-electron chi connectivity index (χ2n) is 6.33. The molecule has 29 heavy (non-hydrogen) atoms. The van der Waals surface area contributed by atoms with Crippen molar-refractivity contribution < 1.29 is 18.7 Å². The number of imidazole rings is 1. The minimum absolute atomic E-state index is 0.0445. The summed E-state index contributed by atoms with van der Waals surface area (Å²) in [6.07, 6.45) is 0. The highest BCUT2D eigenvalue weighted by Gasteiger charge is 2.52. The molecule has 2 amide bonds. The highest BCUT2D eigenvalue weighted by Crippen LogP contribution is 2.30. The Morgan fingerprint density at radius 1 is 1.24 bits per heavy atom. The number of primary amides is 1. The van der Waals surface area contributed by atoms with E-state index in [1.54, 1.807) is 24.3 Å². The molecule has 0 bridgehead atoms. The molecule has 1 aromatic heterocycles. The number of nitrogens with one attached hydrogen (secondary N) is 3. The summed E-state index contributed by atoms with van der Waals surface area (Å²) in [6.45, 7) is -0.0445. The van der Waals surface area contributed by atoms with Gasteiger partial charge < -0.3 is 20.8 Å². The van der Waals surface area contributed by atoms with E-state index in [1.165, 1.54) is 25.3 Å². The van der Waals surface area contributed by atoms with Gasteiger partial charge in [-0.1, -0.05) is 18.2 Å². The van der Waals surface area contributed by atoms with Gasteiger partial charge in [0.05, 0.1) is 24.8 Å². The molecule has 1 aliphatic heterocycles. The smallest absolute Gasteiger partial charge is 0.272 e. The van der Waals surface area contributed by atoms with Crippen LogP contribution >= 0.6 is 0 Å². The fraction of sp³-hybridized carbons (Fsp3) is 0.158. The molecule has 3 aromatic rings. The Bertz CT molecular complexity index is 1120. The lowest BCUT2D eigenvalue weighted by Crippen LogP contribution is -2.58. The summed E-state index contributed by atoms with van der Waals surface area (Å²) in [5, 5.41) is 5.27. The number of fused-ring (bicyclic) bond motifs is 1. The molecule has 0 fully saturated rings. The van der Waals surface area contributed by atoms with Gasteiger partial charge in [0.15, 0.2) is 5.82 Å². The van der Waals surface area contributed by atoms with Crippen LogP contribution in [0.15, 0.2) is 47.5 Å². The van der Waals surface area contributed by atoms with E-state index in [0.29, 0.717) is 11.0 Å². The molecule has 2 heterocycles. The summed E-state index contributed by atoms with van der Waals surface area (Å²) in [4.78, 5) is 37.0. The molecule has 0 saturated carbocycles. The van der Waals surface area contributed by atoms with Gasteiger partial charge >= 0.3 is 0 Å². The van der Waals surface area contributed by atoms with E-state index >= 15 is 0 Å². The Labute approximate surface area is 164 Å². The molecule has 1 aliphatic rings. The van der Waals surface area contributed by atoms with Crippen LogP contribution in [-0.4, -0.2) is 41.3 Å². The van der Waals surface area contributed by atoms with Crippen LogP contribution in [0.5, 0.6) is 5.75 Å². The van der Waals surface area contributed by atoms with E-state index in [9.17, 15) is 14.0 Å². The highest BCUT2D eigenvalue weighted by atomic mass is 19.1. The molecule has 0 saturated heterocycles. The molecule has 0 radical (unpaired) electrons. The van der Waals surface area contributed by atoms with E-state index in [0.717, 1.165) is 0 Å². The average molecular weight is 396 g/mol. The number of amides is 2. The number of aromatic amines is 1. The molecule has 0 spiro atoms. The van der Waals surface area contributed by atoms with Crippen LogP contribution < -0.4 is 21.1 Å². The van der Waals surface area contributed by atoms with Crippen LogP contribution in [-0.2, 0) is 15.1 Å². The third kappa shape index (κ3) is 2.90. The van der Waals surface area contributed by atoms with Gasteiger partial charge in [-0.25, -0.2) is 9.37 Å². The minimum Gasteiger partial charge on any atom is -0.494 e. The van der Waals surface area contributed by atoms with Gasteiger partial charge in [-0.15, -0.1) is 0 Å². The minimum atomic E-state index is -1.79. The second kappa shape index (κ2) is 6.99. The van der Waals surface area contributed by atoms with Crippen LogP contribution in [0.25, 0.3) is 11.0 Å². The SMILES string of the molecule is COc1cccc(F)c1NC(=O)C1=NCNC1(C(N)=O)c1nc2ccccc2[nH]1. The topological polar surface area (TPSA) is 134 Å². The number of nitrogens with zero attached hydrogens (tertiary/aromatic N) is 2. The summed E-state index contributed by atoms with van der Waals surface area (Å²) in [7, 11) is 1.35. The van der Waals surface area contributed by atoms with E-state index < -0.39 is 23.2 Å². The lowest BCUT2D eigenvalue weighted by Gasteiger charge is -2.25. The number of para-hydroxylation sites is 3. The van der Waals surface area contributed by atoms with Crippen molar-refractivity contribution in [3.05, 3.63) is 54.1 Å². The number of aromatic nitrogens is 2. The first-order valence-corrected chi connectivity index (χ1v) is 8.66. The first kappa shape index (κ1) is 18.6. The predicted octanol–water partition coefficient (Wildman–Crippen LogP) is 1.03. The van der Waals surface area contributed by atoms with Crippen LogP contribution in [0, 0.1) is 5.82 Å². The van der Waals surface area contributed by atoms with Crippen molar-refractivity contribution in [3.8, 4) is 5.75 Å². The number of ether oxygens (including phenoxy) is 1. The fourth-order valence-electron chi connectivity index (χ4n) is 3.30. The van der Waals surface area contributed by atoms with Crippen molar-refractivity contribution in [3.63, 3.8) is 0 Å². The normalized spacial score (nSPS) is 18.5. The Hall–Kier alpha value is -3.79. The van der Waals surface area contributed by atoms with Gasteiger partial charge in [0, 0.05) is 0 Å². The first-order valence-electron chi connectivity index (χ1n) is 8.66. The Kier molecular flexibility index (Phi) is 4.47. The van der Waals surface area contributed by atoms with Gasteiger partial charge in [0.1, 0.15) is 23.0 Å². The number of hydrogen-bond acceptors (Lipinski definition) is 6. The van der Waals surface area contributed by atoms with Gasteiger partial charge in [-0.3, -0.25) is 19.9 Å². The maximum atomic E-state index is 14.2. The van der Waals surface area contributed by atoms with E-state index in [4.69, 9.17) is 10.5 Å². The van der Waals surface area contributed by atoms with Crippen LogP contribution in [0.4, 0.5) is 10.1 Å². The number of carbonyl (C=O) groups excluding carboxylic acids is 2. The maximum Gasteiger partial charge on any atom is 0.272 e. The number of hydrogen-bond donors (Lipinski definition) is 4. The zero-order valence-electron chi connectivity index (χ0n) is 15.3. The van der Waals surface area contributed by atoms with Crippen molar-refractivity contribution in [2.45, 2.75) is 5.54 Å². The molecule has 5 N–H and O–H groups in total. The number of nitrogens with two attached hydrogens (primary N) is 1. The van der Waals surface area contributed by atoms with Crippen molar-refractivity contribution in [2.75, 3.05) is 19.1 Å². The predicted molar refractivity (Wildman–Crippen MR) is 104 cm³/mol. The second-order valence-corrected chi connectivity index (χ2v) is 6.33. The Morgan fingerprint density at radius 3 is 2.76 bits per heavy atom. The van der Waals surface area contributed by atoms with Gasteiger partial charge in [0.2, 0.25) is 5.54 Å². The standard InChI is InChI=1S/C19H17FN6O3/c1-29-13-8-4-5-10(20)14(13)26-16(27)15-19(17(21)28,23-9-22-15)18-24-11-6-2-3-7-12(11)25-18/h2-8,23H,9H2,1H3,(H2,21,28)(H,24,25)(H,26,27). The largest absolute Gasteiger partial charge is 0.494 e. The third-order valence-corrected chi connectivity index (χ3v) is 4.70. The molecule has 148 valence electrons. The summed E-state index contributed by atoms with van der Waals surface area (Å²) in [5.41, 5.74) is 4.74. The highest BCUT2D eigenvalue weighted by molar-refractivity contribution is 6.50. The monoisotopic (exact) mass is 396 g/mol.